The lowest BCUT2D eigenvalue weighted by Crippen LogP contribution is -2.29. The standard InChI is InChI=1S/C16H18FNOS/c1-3-18-13-9-15(16-10(2)6-7-20-16)19-14-8-11(17)4-5-12(13)14/h4-8,13,15,18H,3,9H2,1-2H3. The van der Waals surface area contributed by atoms with Crippen LogP contribution < -0.4 is 10.1 Å². The summed E-state index contributed by atoms with van der Waals surface area (Å²) in [5.41, 5.74) is 2.30. The van der Waals surface area contributed by atoms with Crippen molar-refractivity contribution >= 4 is 11.3 Å². The van der Waals surface area contributed by atoms with Crippen molar-refractivity contribution in [2.45, 2.75) is 32.4 Å². The second-order valence-corrected chi connectivity index (χ2v) is 6.05. The van der Waals surface area contributed by atoms with Crippen LogP contribution in [0.2, 0.25) is 0 Å². The molecule has 1 aliphatic rings. The molecule has 0 amide bonds. The second-order valence-electron chi connectivity index (χ2n) is 5.10. The third-order valence-electron chi connectivity index (χ3n) is 3.71. The molecule has 1 N–H and O–H groups in total. The smallest absolute Gasteiger partial charge is 0.135 e. The maximum Gasteiger partial charge on any atom is 0.135 e. The molecule has 3 rings (SSSR count). The van der Waals surface area contributed by atoms with Crippen LogP contribution >= 0.6 is 11.3 Å². The van der Waals surface area contributed by atoms with E-state index >= 15 is 0 Å². The molecule has 2 atom stereocenters. The zero-order chi connectivity index (χ0) is 14.1. The molecule has 2 unspecified atom stereocenters. The third kappa shape index (κ3) is 2.45. The van der Waals surface area contributed by atoms with Gasteiger partial charge >= 0.3 is 0 Å². The van der Waals surface area contributed by atoms with Gasteiger partial charge in [0.1, 0.15) is 17.7 Å². The fraction of sp³-hybridized carbons (Fsp3) is 0.375. The maximum absolute atomic E-state index is 13.5. The number of nitrogens with one attached hydrogen (secondary N) is 1. The predicted octanol–water partition coefficient (Wildman–Crippen LogP) is 4.37. The number of fused-ring (bicyclic) bond motifs is 1. The normalized spacial score (nSPS) is 21.4. The van der Waals surface area contributed by atoms with E-state index in [4.69, 9.17) is 4.74 Å². The maximum atomic E-state index is 13.5. The molecular weight excluding hydrogens is 273 g/mol. The average Bonchev–Trinajstić information content (AvgIpc) is 2.84. The lowest BCUT2D eigenvalue weighted by Gasteiger charge is -2.32. The summed E-state index contributed by atoms with van der Waals surface area (Å²) in [5, 5.41) is 5.55. The summed E-state index contributed by atoms with van der Waals surface area (Å²) in [7, 11) is 0. The summed E-state index contributed by atoms with van der Waals surface area (Å²) >= 11 is 1.71. The molecule has 2 heterocycles. The highest BCUT2D eigenvalue weighted by Crippen LogP contribution is 2.43. The van der Waals surface area contributed by atoms with E-state index in [0.717, 1.165) is 18.5 Å². The number of thiophene rings is 1. The summed E-state index contributed by atoms with van der Waals surface area (Å²) in [5.74, 6) is 0.419. The van der Waals surface area contributed by atoms with Gasteiger partial charge in [0, 0.05) is 29.0 Å². The van der Waals surface area contributed by atoms with Crippen molar-refractivity contribution in [2.24, 2.45) is 0 Å². The van der Waals surface area contributed by atoms with E-state index in [1.165, 1.54) is 22.6 Å². The number of halogens is 1. The predicted molar refractivity (Wildman–Crippen MR) is 79.9 cm³/mol. The monoisotopic (exact) mass is 291 g/mol. The Bertz CT molecular complexity index is 610. The molecule has 1 aliphatic heterocycles. The molecule has 0 saturated heterocycles. The molecule has 2 nitrogen and oxygen atoms in total. The summed E-state index contributed by atoms with van der Waals surface area (Å²) in [6.07, 6.45) is 0.890. The van der Waals surface area contributed by atoms with E-state index in [-0.39, 0.29) is 18.0 Å². The minimum Gasteiger partial charge on any atom is -0.484 e. The minimum absolute atomic E-state index is 0.00773. The van der Waals surface area contributed by atoms with Crippen LogP contribution in [0.15, 0.2) is 29.6 Å². The minimum atomic E-state index is -0.248. The van der Waals surface area contributed by atoms with Crippen molar-refractivity contribution in [3.05, 3.63) is 51.5 Å². The van der Waals surface area contributed by atoms with E-state index in [9.17, 15) is 4.39 Å². The number of hydrogen-bond acceptors (Lipinski definition) is 3. The summed E-state index contributed by atoms with van der Waals surface area (Å²) in [6, 6.07) is 7.15. The van der Waals surface area contributed by atoms with Crippen LogP contribution in [0, 0.1) is 12.7 Å². The molecule has 0 fully saturated rings. The Morgan fingerprint density at radius 1 is 1.40 bits per heavy atom. The number of ether oxygens (including phenoxy) is 1. The van der Waals surface area contributed by atoms with Gasteiger partial charge in [-0.2, -0.15) is 0 Å². The summed E-state index contributed by atoms with van der Waals surface area (Å²) in [4.78, 5) is 1.24. The first-order valence-corrected chi connectivity index (χ1v) is 7.80. The Kier molecular flexibility index (Phi) is 3.76. The average molecular weight is 291 g/mol. The lowest BCUT2D eigenvalue weighted by atomic mass is 9.95. The molecule has 0 saturated carbocycles. The van der Waals surface area contributed by atoms with Crippen LogP contribution in [-0.4, -0.2) is 6.54 Å². The lowest BCUT2D eigenvalue weighted by molar-refractivity contribution is 0.154. The topological polar surface area (TPSA) is 21.3 Å². The Morgan fingerprint density at radius 2 is 2.25 bits per heavy atom. The Hall–Kier alpha value is -1.39. The Labute approximate surface area is 122 Å². The van der Waals surface area contributed by atoms with Gasteiger partial charge in [-0.1, -0.05) is 13.0 Å². The van der Waals surface area contributed by atoms with Crippen LogP contribution in [-0.2, 0) is 0 Å². The highest BCUT2D eigenvalue weighted by molar-refractivity contribution is 7.10. The molecule has 1 aromatic heterocycles. The van der Waals surface area contributed by atoms with Crippen LogP contribution in [0.3, 0.4) is 0 Å². The largest absolute Gasteiger partial charge is 0.484 e. The Morgan fingerprint density at radius 3 is 2.95 bits per heavy atom. The summed E-state index contributed by atoms with van der Waals surface area (Å²) < 4.78 is 19.5. The molecular formula is C16H18FNOS. The first-order valence-electron chi connectivity index (χ1n) is 6.92. The van der Waals surface area contributed by atoms with Crippen LogP contribution in [0.5, 0.6) is 5.75 Å². The first kappa shape index (κ1) is 13.6. The van der Waals surface area contributed by atoms with E-state index < -0.39 is 0 Å². The molecule has 0 radical (unpaired) electrons. The van der Waals surface area contributed by atoms with Crippen LogP contribution in [0.25, 0.3) is 0 Å². The Balaban J connectivity index is 1.97. The van der Waals surface area contributed by atoms with Gasteiger partial charge in [0.15, 0.2) is 0 Å². The van der Waals surface area contributed by atoms with Gasteiger partial charge in [-0.3, -0.25) is 0 Å². The molecule has 0 spiro atoms. The van der Waals surface area contributed by atoms with Crippen molar-refractivity contribution in [1.82, 2.24) is 5.32 Å². The van der Waals surface area contributed by atoms with Gasteiger partial charge in [-0.25, -0.2) is 4.39 Å². The summed E-state index contributed by atoms with van der Waals surface area (Å²) in [6.45, 7) is 5.07. The highest BCUT2D eigenvalue weighted by Gasteiger charge is 2.30. The number of aryl methyl sites for hydroxylation is 1. The van der Waals surface area contributed by atoms with E-state index in [2.05, 4.69) is 30.6 Å². The van der Waals surface area contributed by atoms with Crippen LogP contribution in [0.4, 0.5) is 4.39 Å². The zero-order valence-electron chi connectivity index (χ0n) is 11.7. The van der Waals surface area contributed by atoms with Gasteiger partial charge in [0.05, 0.1) is 0 Å². The molecule has 0 bridgehead atoms. The molecule has 2 aromatic rings. The SMILES string of the molecule is CCNC1CC(c2sccc2C)Oc2cc(F)ccc21. The first-order chi connectivity index (χ1) is 9.69. The highest BCUT2D eigenvalue weighted by atomic mass is 32.1. The third-order valence-corrected chi connectivity index (χ3v) is 4.83. The van der Waals surface area contributed by atoms with Gasteiger partial charge in [-0.05, 0) is 36.5 Å². The van der Waals surface area contributed by atoms with Crippen molar-refractivity contribution < 1.29 is 9.13 Å². The van der Waals surface area contributed by atoms with Gasteiger partial charge in [0.25, 0.3) is 0 Å². The quantitative estimate of drug-likeness (QED) is 0.906. The van der Waals surface area contributed by atoms with E-state index in [1.807, 2.05) is 6.07 Å². The fourth-order valence-electron chi connectivity index (χ4n) is 2.76. The van der Waals surface area contributed by atoms with Gasteiger partial charge in [0.2, 0.25) is 0 Å². The number of rotatable bonds is 3. The van der Waals surface area contributed by atoms with Crippen LogP contribution in [0.1, 0.15) is 41.5 Å². The molecule has 1 aromatic carbocycles. The second kappa shape index (κ2) is 5.54. The van der Waals surface area contributed by atoms with Gasteiger partial charge < -0.3 is 10.1 Å². The van der Waals surface area contributed by atoms with E-state index in [1.54, 1.807) is 11.3 Å². The van der Waals surface area contributed by atoms with Gasteiger partial charge in [-0.15, -0.1) is 11.3 Å². The number of hydrogen-bond donors (Lipinski definition) is 1. The molecule has 106 valence electrons. The van der Waals surface area contributed by atoms with Crippen molar-refractivity contribution in [1.29, 1.82) is 0 Å². The van der Waals surface area contributed by atoms with Crippen molar-refractivity contribution in [2.75, 3.05) is 6.54 Å². The van der Waals surface area contributed by atoms with E-state index in [0.29, 0.717) is 5.75 Å². The molecule has 4 heteroatoms. The molecule has 0 aliphatic carbocycles. The van der Waals surface area contributed by atoms with Crippen molar-refractivity contribution in [3.8, 4) is 5.75 Å². The van der Waals surface area contributed by atoms with Crippen molar-refractivity contribution in [3.63, 3.8) is 0 Å². The number of benzene rings is 1. The zero-order valence-corrected chi connectivity index (χ0v) is 12.5. The molecule has 20 heavy (non-hydrogen) atoms. The fourth-order valence-corrected chi connectivity index (χ4v) is 3.72.